The van der Waals surface area contributed by atoms with Gasteiger partial charge >= 0.3 is 6.18 Å². The highest BCUT2D eigenvalue weighted by Gasteiger charge is 2.30. The molecule has 40 heavy (non-hydrogen) atoms. The summed E-state index contributed by atoms with van der Waals surface area (Å²) in [6.07, 6.45) is -3.14. The van der Waals surface area contributed by atoms with Crippen molar-refractivity contribution in [2.75, 3.05) is 12.4 Å². The number of halogens is 5. The number of nitrogens with zero attached hydrogens (tertiary/aromatic N) is 2. The summed E-state index contributed by atoms with van der Waals surface area (Å²) in [5.74, 6) is -0.0477. The van der Waals surface area contributed by atoms with E-state index in [1.807, 2.05) is 0 Å². The Labute approximate surface area is 239 Å². The number of hydrogen-bond donors (Lipinski definition) is 2. The predicted octanol–water partition coefficient (Wildman–Crippen LogP) is 7.09. The molecule has 2 N–H and O–H groups in total. The first kappa shape index (κ1) is 29.0. The lowest BCUT2D eigenvalue weighted by Crippen LogP contribution is -2.20. The van der Waals surface area contributed by atoms with Gasteiger partial charge in [-0.3, -0.25) is 4.79 Å². The quantitative estimate of drug-likeness (QED) is 0.110. The second-order valence-corrected chi connectivity index (χ2v) is 9.93. The predicted molar refractivity (Wildman–Crippen MR) is 148 cm³/mol. The van der Waals surface area contributed by atoms with Crippen LogP contribution in [-0.2, 0) is 24.0 Å². The number of hydrogen-bond acceptors (Lipinski definition) is 7. The van der Waals surface area contributed by atoms with Crippen LogP contribution in [0.15, 0.2) is 75.6 Å². The number of nitrogens with one attached hydrogen (secondary N) is 2. The third-order valence-electron chi connectivity index (χ3n) is 5.35. The zero-order chi connectivity index (χ0) is 28.7. The second kappa shape index (κ2) is 12.9. The first-order valence-corrected chi connectivity index (χ1v) is 13.2. The van der Waals surface area contributed by atoms with E-state index in [4.69, 9.17) is 9.47 Å². The minimum Gasteiger partial charge on any atom is -0.493 e. The molecule has 0 saturated heterocycles. The number of aromatic nitrogens is 1. The molecule has 0 aliphatic rings. The summed E-state index contributed by atoms with van der Waals surface area (Å²) in [5.41, 5.74) is 3.26. The first-order chi connectivity index (χ1) is 19.1. The summed E-state index contributed by atoms with van der Waals surface area (Å²) in [7, 11) is 1.46. The number of amides is 1. The van der Waals surface area contributed by atoms with Gasteiger partial charge in [-0.2, -0.15) is 18.3 Å². The smallest absolute Gasteiger partial charge is 0.416 e. The molecule has 1 heterocycles. The summed E-state index contributed by atoms with van der Waals surface area (Å²) in [6, 6.07) is 14.3. The number of hydrazone groups is 1. The Bertz CT molecular complexity index is 1530. The molecule has 3 aromatic carbocycles. The lowest BCUT2D eigenvalue weighted by atomic mass is 10.2. The van der Waals surface area contributed by atoms with E-state index in [1.165, 1.54) is 31.5 Å². The van der Waals surface area contributed by atoms with E-state index in [9.17, 15) is 22.4 Å². The van der Waals surface area contributed by atoms with Gasteiger partial charge in [-0.15, -0.1) is 11.3 Å². The van der Waals surface area contributed by atoms with E-state index in [2.05, 4.69) is 36.8 Å². The Hall–Kier alpha value is -3.97. The van der Waals surface area contributed by atoms with E-state index in [-0.39, 0.29) is 24.5 Å². The molecule has 1 aromatic heterocycles. The zero-order valence-corrected chi connectivity index (χ0v) is 23.2. The highest BCUT2D eigenvalue weighted by atomic mass is 79.9. The molecule has 0 aliphatic carbocycles. The molecule has 13 heteroatoms. The Morgan fingerprint density at radius 3 is 2.67 bits per heavy atom. The van der Waals surface area contributed by atoms with Crippen LogP contribution in [0.4, 0.5) is 28.4 Å². The van der Waals surface area contributed by atoms with Crippen LogP contribution in [0, 0.1) is 5.82 Å². The number of rotatable bonds is 10. The number of methoxy groups -OCH3 is 1. The van der Waals surface area contributed by atoms with E-state index in [0.29, 0.717) is 37.9 Å². The number of benzene rings is 3. The molecule has 0 bridgehead atoms. The summed E-state index contributed by atoms with van der Waals surface area (Å²) < 4.78 is 64.4. The maximum absolute atomic E-state index is 13.9. The van der Waals surface area contributed by atoms with Crippen molar-refractivity contribution in [1.82, 2.24) is 10.4 Å². The Morgan fingerprint density at radius 2 is 1.93 bits per heavy atom. The number of ether oxygens (including phenoxy) is 2. The summed E-state index contributed by atoms with van der Waals surface area (Å²) in [4.78, 5) is 16.6. The van der Waals surface area contributed by atoms with Crippen molar-refractivity contribution in [3.8, 4) is 11.5 Å². The van der Waals surface area contributed by atoms with Gasteiger partial charge in [-0.1, -0.05) is 24.3 Å². The number of thiazole rings is 1. The minimum absolute atomic E-state index is 0.00671. The van der Waals surface area contributed by atoms with Crippen molar-refractivity contribution in [2.45, 2.75) is 19.2 Å². The van der Waals surface area contributed by atoms with E-state index in [1.54, 1.807) is 35.7 Å². The molecule has 0 fully saturated rings. The molecule has 0 atom stereocenters. The SMILES string of the molecule is COc1cc(/C=N\NC(=O)Cc2csc(Nc3cccc(C(F)(F)F)c3)n2)c(Br)cc1OCc1ccccc1F. The number of carbonyl (C=O) groups excluding carboxylic acids is 1. The molecule has 1 amide bonds. The van der Waals surface area contributed by atoms with Crippen LogP contribution in [-0.4, -0.2) is 24.2 Å². The molecule has 4 aromatic rings. The van der Waals surface area contributed by atoms with Crippen LogP contribution in [0.2, 0.25) is 0 Å². The molecule has 208 valence electrons. The number of alkyl halides is 3. The molecule has 0 radical (unpaired) electrons. The Morgan fingerprint density at radius 1 is 1.12 bits per heavy atom. The monoisotopic (exact) mass is 636 g/mol. The van der Waals surface area contributed by atoms with Crippen molar-refractivity contribution >= 4 is 50.2 Å². The van der Waals surface area contributed by atoms with Gasteiger partial charge in [0.25, 0.3) is 0 Å². The van der Waals surface area contributed by atoms with Gasteiger partial charge in [0, 0.05) is 26.7 Å². The topological polar surface area (TPSA) is 84.8 Å². The highest BCUT2D eigenvalue weighted by molar-refractivity contribution is 9.10. The molecule has 7 nitrogen and oxygen atoms in total. The fourth-order valence-corrected chi connectivity index (χ4v) is 4.57. The second-order valence-electron chi connectivity index (χ2n) is 8.22. The molecule has 0 spiro atoms. The first-order valence-electron chi connectivity index (χ1n) is 11.6. The maximum Gasteiger partial charge on any atom is 0.416 e. The average Bonchev–Trinajstić information content (AvgIpc) is 3.35. The molecule has 4 rings (SSSR count). The lowest BCUT2D eigenvalue weighted by Gasteiger charge is -2.13. The van der Waals surface area contributed by atoms with Crippen molar-refractivity contribution in [1.29, 1.82) is 0 Å². The van der Waals surface area contributed by atoms with E-state index >= 15 is 0 Å². The van der Waals surface area contributed by atoms with Gasteiger partial charge in [-0.05, 0) is 52.3 Å². The number of carbonyl (C=O) groups is 1. The fourth-order valence-electron chi connectivity index (χ4n) is 3.41. The maximum atomic E-state index is 13.9. The number of anilines is 2. The fraction of sp³-hybridized carbons (Fsp3) is 0.148. The van der Waals surface area contributed by atoms with Crippen LogP contribution >= 0.6 is 27.3 Å². The summed E-state index contributed by atoms with van der Waals surface area (Å²) >= 11 is 4.58. The third kappa shape index (κ3) is 7.79. The average molecular weight is 637 g/mol. The van der Waals surface area contributed by atoms with Crippen molar-refractivity contribution in [3.05, 3.63) is 98.7 Å². The Balaban J connectivity index is 1.33. The molecule has 0 unspecified atom stereocenters. The highest BCUT2D eigenvalue weighted by Crippen LogP contribution is 2.34. The largest absolute Gasteiger partial charge is 0.493 e. The standard InChI is InChI=1S/C27H21BrF4N4O3S/c1-38-23-9-17(21(28)12-24(23)39-14-16-5-2-3-8-22(16)29)13-33-36-25(37)11-20-15-40-26(35-20)34-19-7-4-6-18(10-19)27(30,31)32/h2-10,12-13,15H,11,14H2,1H3,(H,34,35)(H,36,37)/b33-13-. The minimum atomic E-state index is -4.45. The normalized spacial score (nSPS) is 11.4. The molecule has 0 aliphatic heterocycles. The van der Waals surface area contributed by atoms with Crippen LogP contribution in [0.25, 0.3) is 0 Å². The third-order valence-corrected chi connectivity index (χ3v) is 6.84. The van der Waals surface area contributed by atoms with Crippen molar-refractivity contribution < 1.29 is 31.8 Å². The van der Waals surface area contributed by atoms with Crippen molar-refractivity contribution in [3.63, 3.8) is 0 Å². The Kier molecular flexibility index (Phi) is 9.38. The van der Waals surface area contributed by atoms with Crippen LogP contribution in [0.1, 0.15) is 22.4 Å². The van der Waals surface area contributed by atoms with Crippen molar-refractivity contribution in [2.24, 2.45) is 5.10 Å². The zero-order valence-electron chi connectivity index (χ0n) is 20.8. The van der Waals surface area contributed by atoms with Gasteiger partial charge in [0.15, 0.2) is 16.6 Å². The van der Waals surface area contributed by atoms with Gasteiger partial charge in [-0.25, -0.2) is 14.8 Å². The molecular formula is C27H21BrF4N4O3S. The lowest BCUT2D eigenvalue weighted by molar-refractivity contribution is -0.137. The molecule has 0 saturated carbocycles. The van der Waals surface area contributed by atoms with Gasteiger partial charge in [0.1, 0.15) is 12.4 Å². The van der Waals surface area contributed by atoms with Gasteiger partial charge < -0.3 is 14.8 Å². The van der Waals surface area contributed by atoms with Crippen LogP contribution in [0.5, 0.6) is 11.5 Å². The van der Waals surface area contributed by atoms with E-state index in [0.717, 1.165) is 23.5 Å². The van der Waals surface area contributed by atoms with Crippen LogP contribution < -0.4 is 20.2 Å². The van der Waals surface area contributed by atoms with Gasteiger partial charge in [0.2, 0.25) is 5.91 Å². The molecular weight excluding hydrogens is 616 g/mol. The van der Waals surface area contributed by atoms with Crippen LogP contribution in [0.3, 0.4) is 0 Å². The summed E-state index contributed by atoms with van der Waals surface area (Å²) in [6.45, 7) is 0.00671. The van der Waals surface area contributed by atoms with Gasteiger partial charge in [0.05, 0.1) is 31.0 Å². The van der Waals surface area contributed by atoms with E-state index < -0.39 is 17.6 Å². The summed E-state index contributed by atoms with van der Waals surface area (Å²) in [5, 5.41) is 8.76.